The molecule has 0 unspecified atom stereocenters. The van der Waals surface area contributed by atoms with E-state index in [1.807, 2.05) is 25.1 Å². The number of rotatable bonds is 9. The second-order valence-electron chi connectivity index (χ2n) is 5.66. The van der Waals surface area contributed by atoms with E-state index in [9.17, 15) is 0 Å². The molecular weight excluding hydrogens is 254 g/mol. The molecule has 4 heteroatoms. The van der Waals surface area contributed by atoms with Gasteiger partial charge in [-0.1, -0.05) is 19.9 Å². The summed E-state index contributed by atoms with van der Waals surface area (Å²) in [6.45, 7) is 8.75. The largest absolute Gasteiger partial charge is 0.493 e. The molecule has 4 nitrogen and oxygen atoms in total. The summed E-state index contributed by atoms with van der Waals surface area (Å²) in [5, 5.41) is 12.4. The first-order valence-electron chi connectivity index (χ1n) is 7.13. The van der Waals surface area contributed by atoms with E-state index in [0.717, 1.165) is 36.6 Å². The second-order valence-corrected chi connectivity index (χ2v) is 5.66. The smallest absolute Gasteiger partial charge is 0.161 e. The van der Waals surface area contributed by atoms with Gasteiger partial charge in [0.1, 0.15) is 0 Å². The molecule has 0 radical (unpaired) electrons. The van der Waals surface area contributed by atoms with Crippen LogP contribution in [0.5, 0.6) is 11.5 Å². The second kappa shape index (κ2) is 8.12. The fourth-order valence-corrected chi connectivity index (χ4v) is 2.03. The van der Waals surface area contributed by atoms with Crippen molar-refractivity contribution in [3.8, 4) is 11.5 Å². The summed E-state index contributed by atoms with van der Waals surface area (Å²) in [7, 11) is 1.65. The Morgan fingerprint density at radius 1 is 1.25 bits per heavy atom. The molecule has 1 aromatic rings. The van der Waals surface area contributed by atoms with E-state index in [1.54, 1.807) is 7.11 Å². The normalized spacial score (nSPS) is 11.4. The van der Waals surface area contributed by atoms with Gasteiger partial charge in [-0.15, -0.1) is 0 Å². The summed E-state index contributed by atoms with van der Waals surface area (Å²) in [6, 6.07) is 5.98. The first-order chi connectivity index (χ1) is 9.52. The van der Waals surface area contributed by atoms with Crippen molar-refractivity contribution in [2.75, 3.05) is 26.9 Å². The van der Waals surface area contributed by atoms with E-state index in [2.05, 4.69) is 19.2 Å². The topological polar surface area (TPSA) is 50.7 Å². The van der Waals surface area contributed by atoms with Crippen molar-refractivity contribution < 1.29 is 14.6 Å². The summed E-state index contributed by atoms with van der Waals surface area (Å²) in [4.78, 5) is 0. The lowest BCUT2D eigenvalue weighted by molar-refractivity contribution is 0.207. The number of hydrogen-bond donors (Lipinski definition) is 2. The Balaban J connectivity index is 2.56. The maximum absolute atomic E-state index is 9.01. The molecule has 114 valence electrons. The highest BCUT2D eigenvalue weighted by Crippen LogP contribution is 2.28. The number of nitrogens with one attached hydrogen (secondary N) is 1. The molecule has 2 N–H and O–H groups in total. The van der Waals surface area contributed by atoms with Crippen molar-refractivity contribution in [2.45, 2.75) is 33.7 Å². The third-order valence-electron chi connectivity index (χ3n) is 3.25. The van der Waals surface area contributed by atoms with Crippen LogP contribution >= 0.6 is 0 Å². The molecule has 0 aliphatic rings. The van der Waals surface area contributed by atoms with Crippen LogP contribution < -0.4 is 14.8 Å². The molecule has 0 heterocycles. The Hall–Kier alpha value is -1.26. The number of methoxy groups -OCH3 is 1. The lowest BCUT2D eigenvalue weighted by atomic mass is 9.90. The quantitative estimate of drug-likeness (QED) is 0.730. The van der Waals surface area contributed by atoms with Gasteiger partial charge in [0, 0.05) is 19.7 Å². The Morgan fingerprint density at radius 2 is 2.00 bits per heavy atom. The van der Waals surface area contributed by atoms with Crippen LogP contribution in [-0.4, -0.2) is 32.0 Å². The number of aliphatic hydroxyl groups is 1. The predicted octanol–water partition coefficient (Wildman–Crippen LogP) is 2.59. The maximum Gasteiger partial charge on any atom is 0.161 e. The van der Waals surface area contributed by atoms with E-state index in [-0.39, 0.29) is 12.0 Å². The first kappa shape index (κ1) is 16.8. The summed E-state index contributed by atoms with van der Waals surface area (Å²) in [5.74, 6) is 1.54. The van der Waals surface area contributed by atoms with Crippen molar-refractivity contribution in [2.24, 2.45) is 5.41 Å². The zero-order chi connectivity index (χ0) is 15.0. The zero-order valence-corrected chi connectivity index (χ0v) is 13.0. The van der Waals surface area contributed by atoms with Gasteiger partial charge in [-0.3, -0.25) is 0 Å². The van der Waals surface area contributed by atoms with Gasteiger partial charge in [0.05, 0.1) is 13.7 Å². The van der Waals surface area contributed by atoms with Crippen molar-refractivity contribution in [3.05, 3.63) is 23.8 Å². The number of aliphatic hydroxyl groups excluding tert-OH is 1. The van der Waals surface area contributed by atoms with E-state index in [4.69, 9.17) is 14.6 Å². The lowest BCUT2D eigenvalue weighted by Gasteiger charge is -2.24. The molecule has 1 rings (SSSR count). The van der Waals surface area contributed by atoms with Gasteiger partial charge in [0.15, 0.2) is 11.5 Å². The van der Waals surface area contributed by atoms with Crippen LogP contribution in [-0.2, 0) is 6.54 Å². The zero-order valence-electron chi connectivity index (χ0n) is 13.0. The Bertz CT molecular complexity index is 405. The van der Waals surface area contributed by atoms with Crippen LogP contribution in [0.15, 0.2) is 18.2 Å². The summed E-state index contributed by atoms with van der Waals surface area (Å²) >= 11 is 0. The molecule has 0 bridgehead atoms. The fourth-order valence-electron chi connectivity index (χ4n) is 2.03. The number of benzene rings is 1. The molecule has 0 spiro atoms. The van der Waals surface area contributed by atoms with Crippen LogP contribution in [0.3, 0.4) is 0 Å². The minimum absolute atomic E-state index is 0.101. The van der Waals surface area contributed by atoms with E-state index in [1.165, 1.54) is 0 Å². The van der Waals surface area contributed by atoms with Gasteiger partial charge in [-0.2, -0.15) is 0 Å². The minimum atomic E-state index is 0.101. The summed E-state index contributed by atoms with van der Waals surface area (Å²) in [6.07, 6.45) is 0.798. The Labute approximate surface area is 122 Å². The van der Waals surface area contributed by atoms with Crippen molar-refractivity contribution in [3.63, 3.8) is 0 Å². The number of ether oxygens (including phenoxy) is 2. The fraction of sp³-hybridized carbons (Fsp3) is 0.625. The Morgan fingerprint density at radius 3 is 2.60 bits per heavy atom. The molecule has 0 saturated carbocycles. The molecule has 0 fully saturated rings. The van der Waals surface area contributed by atoms with Crippen LogP contribution in [0.2, 0.25) is 0 Å². The third-order valence-corrected chi connectivity index (χ3v) is 3.25. The van der Waals surface area contributed by atoms with E-state index in [0.29, 0.717) is 6.61 Å². The molecule has 20 heavy (non-hydrogen) atoms. The van der Waals surface area contributed by atoms with Crippen molar-refractivity contribution in [1.29, 1.82) is 0 Å². The van der Waals surface area contributed by atoms with Gasteiger partial charge in [0.2, 0.25) is 0 Å². The monoisotopic (exact) mass is 281 g/mol. The molecule has 1 aromatic carbocycles. The van der Waals surface area contributed by atoms with Gasteiger partial charge in [0.25, 0.3) is 0 Å². The Kier molecular flexibility index (Phi) is 6.82. The molecule has 0 atom stereocenters. The molecule has 0 saturated heterocycles. The predicted molar refractivity (Wildman–Crippen MR) is 81.4 cm³/mol. The van der Waals surface area contributed by atoms with Gasteiger partial charge in [-0.05, 0) is 36.5 Å². The third kappa shape index (κ3) is 5.39. The molecule has 0 aliphatic carbocycles. The first-order valence-corrected chi connectivity index (χ1v) is 7.13. The molecule has 0 amide bonds. The standard InChI is InChI=1S/C16H27NO3/c1-5-20-14-7-6-13(10-15(14)19-4)11-17-12-16(2,3)8-9-18/h6-7,10,17-18H,5,8-9,11-12H2,1-4H3. The molecule has 0 aliphatic heterocycles. The van der Waals surface area contributed by atoms with Gasteiger partial charge in [-0.25, -0.2) is 0 Å². The lowest BCUT2D eigenvalue weighted by Crippen LogP contribution is -2.29. The maximum atomic E-state index is 9.01. The van der Waals surface area contributed by atoms with Crippen LogP contribution in [0.1, 0.15) is 32.8 Å². The highest BCUT2D eigenvalue weighted by Gasteiger charge is 2.16. The summed E-state index contributed by atoms with van der Waals surface area (Å²) < 4.78 is 10.8. The average molecular weight is 281 g/mol. The van der Waals surface area contributed by atoms with Crippen LogP contribution in [0.25, 0.3) is 0 Å². The van der Waals surface area contributed by atoms with Crippen LogP contribution in [0, 0.1) is 5.41 Å². The van der Waals surface area contributed by atoms with Crippen molar-refractivity contribution >= 4 is 0 Å². The van der Waals surface area contributed by atoms with E-state index < -0.39 is 0 Å². The number of hydrogen-bond acceptors (Lipinski definition) is 4. The summed E-state index contributed by atoms with van der Waals surface area (Å²) in [5.41, 5.74) is 1.26. The SMILES string of the molecule is CCOc1ccc(CNCC(C)(C)CCO)cc1OC. The van der Waals surface area contributed by atoms with E-state index >= 15 is 0 Å². The van der Waals surface area contributed by atoms with Crippen molar-refractivity contribution in [1.82, 2.24) is 5.32 Å². The highest BCUT2D eigenvalue weighted by atomic mass is 16.5. The van der Waals surface area contributed by atoms with Crippen LogP contribution in [0.4, 0.5) is 0 Å². The average Bonchev–Trinajstić information content (AvgIpc) is 2.40. The highest BCUT2D eigenvalue weighted by molar-refractivity contribution is 5.42. The molecular formula is C16H27NO3. The van der Waals surface area contributed by atoms with Gasteiger partial charge < -0.3 is 19.9 Å². The van der Waals surface area contributed by atoms with Gasteiger partial charge >= 0.3 is 0 Å². The molecule has 0 aromatic heterocycles. The minimum Gasteiger partial charge on any atom is -0.493 e.